The molecule has 2 aliphatic carbocycles. The summed E-state index contributed by atoms with van der Waals surface area (Å²) in [7, 11) is 1.47. The van der Waals surface area contributed by atoms with E-state index >= 15 is 0 Å². The van der Waals surface area contributed by atoms with Gasteiger partial charge in [0.25, 0.3) is 11.6 Å². The van der Waals surface area contributed by atoms with Crippen molar-refractivity contribution in [2.45, 2.75) is 31.2 Å². The molecule has 0 aromatic heterocycles. The van der Waals surface area contributed by atoms with Gasteiger partial charge < -0.3 is 15.4 Å². The molecular weight excluding hydrogens is 442 g/mol. The van der Waals surface area contributed by atoms with Crippen molar-refractivity contribution in [3.63, 3.8) is 0 Å². The van der Waals surface area contributed by atoms with Crippen LogP contribution < -0.4 is 15.4 Å². The Morgan fingerprint density at radius 3 is 2.63 bits per heavy atom. The van der Waals surface area contributed by atoms with E-state index in [0.717, 1.165) is 5.69 Å². The average Bonchev–Trinajstić information content (AvgIpc) is 3.51. The molecule has 0 unspecified atom stereocenters. The Morgan fingerprint density at radius 2 is 1.86 bits per heavy atom. The number of nitrogens with one attached hydrogen (secondary N) is 2. The number of carbonyl (C=O) groups is 1. The van der Waals surface area contributed by atoms with Crippen LogP contribution in [0.5, 0.6) is 5.75 Å². The highest BCUT2D eigenvalue weighted by Crippen LogP contribution is 2.63. The Morgan fingerprint density at radius 1 is 1.06 bits per heavy atom. The van der Waals surface area contributed by atoms with Gasteiger partial charge in [0.2, 0.25) is 0 Å². The lowest BCUT2D eigenvalue weighted by Crippen LogP contribution is -2.35. The molecule has 3 aliphatic rings. The van der Waals surface area contributed by atoms with E-state index in [2.05, 4.69) is 41.0 Å². The van der Waals surface area contributed by atoms with Crippen molar-refractivity contribution in [2.24, 2.45) is 17.8 Å². The van der Waals surface area contributed by atoms with Gasteiger partial charge in [0.15, 0.2) is 0 Å². The van der Waals surface area contributed by atoms with Gasteiger partial charge in [-0.05, 0) is 78.3 Å². The van der Waals surface area contributed by atoms with Crippen LogP contribution in [0.25, 0.3) is 0 Å². The normalized spacial score (nSPS) is 25.8. The molecule has 3 aromatic rings. The molecule has 1 heterocycles. The van der Waals surface area contributed by atoms with Crippen molar-refractivity contribution in [1.82, 2.24) is 0 Å². The Kier molecular flexibility index (Phi) is 5.20. The Balaban J connectivity index is 1.33. The summed E-state index contributed by atoms with van der Waals surface area (Å²) in [4.78, 5) is 24.0. The Bertz CT molecular complexity index is 1310. The fourth-order valence-electron chi connectivity index (χ4n) is 6.72. The van der Waals surface area contributed by atoms with Crippen molar-refractivity contribution in [3.8, 4) is 5.75 Å². The van der Waals surface area contributed by atoms with Crippen LogP contribution in [0.15, 0.2) is 66.7 Å². The fraction of sp³-hybridized carbons (Fsp3) is 0.321. The zero-order valence-corrected chi connectivity index (χ0v) is 19.4. The Hall–Kier alpha value is -3.87. The summed E-state index contributed by atoms with van der Waals surface area (Å²) in [5, 5.41) is 17.8. The van der Waals surface area contributed by atoms with Gasteiger partial charge in [0, 0.05) is 23.4 Å². The van der Waals surface area contributed by atoms with Crippen LogP contribution in [-0.2, 0) is 0 Å². The minimum Gasteiger partial charge on any atom is -0.495 e. The number of hydrogen-bond donors (Lipinski definition) is 2. The first kappa shape index (κ1) is 21.6. The quantitative estimate of drug-likeness (QED) is 0.345. The standard InChI is InChI=1S/C28H27N3O4/c1-35-24-12-10-20(31(33)34)15-23(24)30-28(32)19-9-11-22-21(14-19)25-17-7-8-18(13-17)26(25)27(29-22)16-5-3-2-4-6-16/h2-6,9-12,14-15,17-18,25-27,29H,7-8,13H2,1H3,(H,30,32)/t17-,18+,25+,26+,27+/m1/s1. The van der Waals surface area contributed by atoms with Crippen LogP contribution in [0.1, 0.15) is 52.7 Å². The van der Waals surface area contributed by atoms with Gasteiger partial charge >= 0.3 is 0 Å². The number of rotatable bonds is 5. The van der Waals surface area contributed by atoms with Gasteiger partial charge in [-0.3, -0.25) is 14.9 Å². The van der Waals surface area contributed by atoms with E-state index in [1.807, 2.05) is 18.2 Å². The fourth-order valence-corrected chi connectivity index (χ4v) is 6.72. The number of benzene rings is 3. The molecule has 0 spiro atoms. The number of nitrogens with zero attached hydrogens (tertiary/aromatic N) is 1. The van der Waals surface area contributed by atoms with Gasteiger partial charge in [-0.15, -0.1) is 0 Å². The smallest absolute Gasteiger partial charge is 0.271 e. The van der Waals surface area contributed by atoms with Crippen LogP contribution in [-0.4, -0.2) is 17.9 Å². The maximum absolute atomic E-state index is 13.2. The van der Waals surface area contributed by atoms with E-state index in [0.29, 0.717) is 35.0 Å². The lowest BCUT2D eigenvalue weighted by Gasteiger charge is -2.43. The van der Waals surface area contributed by atoms with Gasteiger partial charge in [-0.2, -0.15) is 0 Å². The van der Waals surface area contributed by atoms with E-state index in [1.54, 1.807) is 0 Å². The molecule has 2 fully saturated rings. The number of ether oxygens (including phenoxy) is 1. The molecule has 0 radical (unpaired) electrons. The van der Waals surface area contributed by atoms with Crippen molar-refractivity contribution in [2.75, 3.05) is 17.7 Å². The van der Waals surface area contributed by atoms with E-state index in [9.17, 15) is 14.9 Å². The van der Waals surface area contributed by atoms with Crippen molar-refractivity contribution >= 4 is 23.0 Å². The predicted octanol–water partition coefficient (Wildman–Crippen LogP) is 6.15. The highest BCUT2D eigenvalue weighted by atomic mass is 16.6. The lowest BCUT2D eigenvalue weighted by atomic mass is 9.68. The third-order valence-electron chi connectivity index (χ3n) is 8.15. The van der Waals surface area contributed by atoms with Crippen LogP contribution in [0, 0.1) is 27.9 Å². The molecule has 7 heteroatoms. The largest absolute Gasteiger partial charge is 0.495 e. The molecule has 7 nitrogen and oxygen atoms in total. The average molecular weight is 470 g/mol. The second-order valence-electron chi connectivity index (χ2n) is 9.87. The van der Waals surface area contributed by atoms with Gasteiger partial charge in [0.05, 0.1) is 23.8 Å². The predicted molar refractivity (Wildman–Crippen MR) is 134 cm³/mol. The highest BCUT2D eigenvalue weighted by molar-refractivity contribution is 6.05. The van der Waals surface area contributed by atoms with Crippen molar-refractivity contribution in [3.05, 3.63) is 93.5 Å². The zero-order chi connectivity index (χ0) is 24.1. The molecule has 178 valence electrons. The number of methoxy groups -OCH3 is 1. The summed E-state index contributed by atoms with van der Waals surface area (Å²) < 4.78 is 5.30. The molecule has 2 saturated carbocycles. The van der Waals surface area contributed by atoms with E-state index in [-0.39, 0.29) is 23.3 Å². The first-order chi connectivity index (χ1) is 17.0. The van der Waals surface area contributed by atoms with Crippen LogP contribution in [0.3, 0.4) is 0 Å². The molecule has 0 saturated heterocycles. The summed E-state index contributed by atoms with van der Waals surface area (Å²) in [6, 6.07) is 21.0. The minimum absolute atomic E-state index is 0.104. The zero-order valence-electron chi connectivity index (χ0n) is 19.4. The third-order valence-corrected chi connectivity index (χ3v) is 8.15. The number of hydrogen-bond acceptors (Lipinski definition) is 5. The summed E-state index contributed by atoms with van der Waals surface area (Å²) in [6.07, 6.45) is 3.77. The number of fused-ring (bicyclic) bond motifs is 7. The Labute approximate surface area is 203 Å². The monoisotopic (exact) mass is 469 g/mol. The molecule has 6 rings (SSSR count). The lowest BCUT2D eigenvalue weighted by molar-refractivity contribution is -0.384. The van der Waals surface area contributed by atoms with Crippen LogP contribution >= 0.6 is 0 Å². The molecular formula is C28H27N3O4. The summed E-state index contributed by atoms with van der Waals surface area (Å²) in [5.41, 5.74) is 4.35. The number of nitro benzene ring substituents is 1. The summed E-state index contributed by atoms with van der Waals surface area (Å²) in [5.74, 6) is 2.35. The second-order valence-corrected chi connectivity index (χ2v) is 9.87. The first-order valence-electron chi connectivity index (χ1n) is 12.1. The van der Waals surface area contributed by atoms with Gasteiger partial charge in [-0.25, -0.2) is 0 Å². The summed E-state index contributed by atoms with van der Waals surface area (Å²) >= 11 is 0. The molecule has 3 aromatic carbocycles. The maximum Gasteiger partial charge on any atom is 0.271 e. The number of non-ortho nitro benzene ring substituents is 1. The molecule has 2 N–H and O–H groups in total. The number of nitro groups is 1. The van der Waals surface area contributed by atoms with Crippen molar-refractivity contribution < 1.29 is 14.5 Å². The number of amides is 1. The third kappa shape index (κ3) is 3.62. The van der Waals surface area contributed by atoms with Gasteiger partial charge in [0.1, 0.15) is 5.75 Å². The van der Waals surface area contributed by atoms with Crippen LogP contribution in [0.2, 0.25) is 0 Å². The highest BCUT2D eigenvalue weighted by Gasteiger charge is 2.53. The van der Waals surface area contributed by atoms with E-state index < -0.39 is 4.92 Å². The topological polar surface area (TPSA) is 93.5 Å². The SMILES string of the molecule is COc1ccc([N+](=O)[O-])cc1NC(=O)c1ccc2c(c1)[C@@H]1[C@@H]3CC[C@@H](C3)[C@@H]1[C@H](c1ccccc1)N2. The van der Waals surface area contributed by atoms with E-state index in [1.165, 1.54) is 55.7 Å². The molecule has 1 amide bonds. The summed E-state index contributed by atoms with van der Waals surface area (Å²) in [6.45, 7) is 0. The minimum atomic E-state index is -0.488. The van der Waals surface area contributed by atoms with Crippen LogP contribution in [0.4, 0.5) is 17.1 Å². The number of carbonyl (C=O) groups excluding carboxylic acids is 1. The van der Waals surface area contributed by atoms with Gasteiger partial charge in [-0.1, -0.05) is 30.3 Å². The van der Waals surface area contributed by atoms with Crippen molar-refractivity contribution in [1.29, 1.82) is 0 Å². The number of anilines is 2. The second kappa shape index (κ2) is 8.41. The van der Waals surface area contributed by atoms with E-state index in [4.69, 9.17) is 4.74 Å². The maximum atomic E-state index is 13.2. The molecule has 1 aliphatic heterocycles. The molecule has 5 atom stereocenters. The molecule has 35 heavy (non-hydrogen) atoms. The molecule has 2 bridgehead atoms. The first-order valence-corrected chi connectivity index (χ1v) is 12.1.